The largest absolute Gasteiger partial charge is 0.443 e. The molecule has 1 fully saturated rings. The Hall–Kier alpha value is -1.72. The summed E-state index contributed by atoms with van der Waals surface area (Å²) in [4.78, 5) is 18.5. The van der Waals surface area contributed by atoms with Crippen LogP contribution >= 0.6 is 0 Å². The molecule has 5 nitrogen and oxygen atoms in total. The zero-order valence-electron chi connectivity index (χ0n) is 10.7. The summed E-state index contributed by atoms with van der Waals surface area (Å²) in [6.07, 6.45) is 1.93. The lowest BCUT2D eigenvalue weighted by atomic mass is 10.1. The van der Waals surface area contributed by atoms with Crippen LogP contribution in [0, 0.1) is 0 Å². The van der Waals surface area contributed by atoms with Crippen LogP contribution in [0.3, 0.4) is 0 Å². The number of Topliss-reactive ketones (excluding diaryl/α,β-unsaturated/α-hetero) is 1. The fraction of sp³-hybridized carbons (Fsp3) is 0.429. The van der Waals surface area contributed by atoms with Gasteiger partial charge in [0.25, 0.3) is 0 Å². The van der Waals surface area contributed by atoms with Crippen LogP contribution in [0.4, 0.5) is 0 Å². The van der Waals surface area contributed by atoms with E-state index in [1.807, 2.05) is 0 Å². The summed E-state index contributed by atoms with van der Waals surface area (Å²) >= 11 is 0. The summed E-state index contributed by atoms with van der Waals surface area (Å²) < 4.78 is 10.4. The summed E-state index contributed by atoms with van der Waals surface area (Å²) in [6.45, 7) is 4.14. The van der Waals surface area contributed by atoms with E-state index in [-0.39, 0.29) is 5.78 Å². The first-order valence-electron chi connectivity index (χ1n) is 6.49. The number of rotatable bonds is 4. The van der Waals surface area contributed by atoms with Gasteiger partial charge in [0.15, 0.2) is 17.8 Å². The number of carbonyl (C=O) groups excluding carboxylic acids is 1. The lowest BCUT2D eigenvalue weighted by Crippen LogP contribution is -2.37. The second-order valence-corrected chi connectivity index (χ2v) is 4.66. The Bertz CT molecular complexity index is 573. The predicted octanol–water partition coefficient (Wildman–Crippen LogP) is 1.73. The van der Waals surface area contributed by atoms with Gasteiger partial charge in [0.2, 0.25) is 0 Å². The van der Waals surface area contributed by atoms with Gasteiger partial charge in [-0.25, -0.2) is 4.98 Å². The minimum Gasteiger partial charge on any atom is -0.443 e. The third kappa shape index (κ3) is 2.83. The normalized spacial score (nSPS) is 16.8. The molecule has 19 heavy (non-hydrogen) atoms. The number of aromatic nitrogens is 1. The van der Waals surface area contributed by atoms with Crippen molar-refractivity contribution in [2.45, 2.75) is 6.42 Å². The summed E-state index contributed by atoms with van der Waals surface area (Å²) in [7, 11) is 0. The first-order chi connectivity index (χ1) is 9.33. The fourth-order valence-electron chi connectivity index (χ4n) is 2.26. The predicted molar refractivity (Wildman–Crippen MR) is 70.2 cm³/mol. The van der Waals surface area contributed by atoms with Gasteiger partial charge in [0, 0.05) is 31.6 Å². The molecule has 0 amide bonds. The number of ketones is 1. The molecular weight excluding hydrogens is 244 g/mol. The SMILES string of the molecule is O=C(CCN1CCOCC1)c1ccc2ocnc2c1. The topological polar surface area (TPSA) is 55.6 Å². The molecule has 1 aliphatic rings. The van der Waals surface area contributed by atoms with Crippen LogP contribution in [0.5, 0.6) is 0 Å². The van der Waals surface area contributed by atoms with E-state index >= 15 is 0 Å². The lowest BCUT2D eigenvalue weighted by Gasteiger charge is -2.26. The molecule has 1 aromatic heterocycles. The van der Waals surface area contributed by atoms with Crippen molar-refractivity contribution in [3.8, 4) is 0 Å². The standard InChI is InChI=1S/C14H16N2O3/c17-13(3-4-16-5-7-18-8-6-16)11-1-2-14-12(9-11)15-10-19-14/h1-2,9-10H,3-8H2. The molecule has 1 aromatic carbocycles. The fourth-order valence-corrected chi connectivity index (χ4v) is 2.26. The Morgan fingerprint density at radius 1 is 1.32 bits per heavy atom. The number of morpholine rings is 1. The molecule has 0 bridgehead atoms. The number of ether oxygens (including phenoxy) is 1. The third-order valence-corrected chi connectivity index (χ3v) is 3.41. The zero-order valence-corrected chi connectivity index (χ0v) is 10.7. The quantitative estimate of drug-likeness (QED) is 0.784. The van der Waals surface area contributed by atoms with E-state index < -0.39 is 0 Å². The number of fused-ring (bicyclic) bond motifs is 1. The number of carbonyl (C=O) groups is 1. The number of hydrogen-bond donors (Lipinski definition) is 0. The van der Waals surface area contributed by atoms with Gasteiger partial charge in [-0.15, -0.1) is 0 Å². The van der Waals surface area contributed by atoms with Crippen molar-refractivity contribution in [2.24, 2.45) is 0 Å². The number of benzene rings is 1. The molecular formula is C14H16N2O3. The van der Waals surface area contributed by atoms with Gasteiger partial charge in [0.1, 0.15) is 5.52 Å². The van der Waals surface area contributed by atoms with E-state index in [9.17, 15) is 4.79 Å². The van der Waals surface area contributed by atoms with Crippen molar-refractivity contribution in [1.82, 2.24) is 9.88 Å². The van der Waals surface area contributed by atoms with E-state index in [0.717, 1.165) is 38.4 Å². The van der Waals surface area contributed by atoms with Gasteiger partial charge in [-0.05, 0) is 18.2 Å². The highest BCUT2D eigenvalue weighted by molar-refractivity contribution is 5.98. The number of oxazole rings is 1. The molecule has 3 rings (SSSR count). The Kier molecular flexibility index (Phi) is 3.57. The minimum absolute atomic E-state index is 0.149. The molecule has 0 N–H and O–H groups in total. The van der Waals surface area contributed by atoms with Crippen molar-refractivity contribution >= 4 is 16.9 Å². The van der Waals surface area contributed by atoms with Crippen molar-refractivity contribution in [3.05, 3.63) is 30.2 Å². The van der Waals surface area contributed by atoms with E-state index in [4.69, 9.17) is 9.15 Å². The Balaban J connectivity index is 1.62. The highest BCUT2D eigenvalue weighted by Crippen LogP contribution is 2.15. The van der Waals surface area contributed by atoms with E-state index in [1.54, 1.807) is 18.2 Å². The Morgan fingerprint density at radius 2 is 2.16 bits per heavy atom. The molecule has 0 saturated carbocycles. The molecule has 0 aliphatic carbocycles. The first-order valence-corrected chi connectivity index (χ1v) is 6.49. The van der Waals surface area contributed by atoms with Gasteiger partial charge in [0.05, 0.1) is 13.2 Å². The Morgan fingerprint density at radius 3 is 3.00 bits per heavy atom. The van der Waals surface area contributed by atoms with E-state index in [1.165, 1.54) is 6.39 Å². The van der Waals surface area contributed by atoms with Gasteiger partial charge >= 0.3 is 0 Å². The van der Waals surface area contributed by atoms with Crippen LogP contribution in [0.15, 0.2) is 29.0 Å². The molecule has 0 radical (unpaired) electrons. The molecule has 0 atom stereocenters. The van der Waals surface area contributed by atoms with Crippen LogP contribution in [-0.2, 0) is 4.74 Å². The average Bonchev–Trinajstić information content (AvgIpc) is 2.93. The molecule has 100 valence electrons. The minimum atomic E-state index is 0.149. The van der Waals surface area contributed by atoms with Gasteiger partial charge in [-0.3, -0.25) is 9.69 Å². The zero-order chi connectivity index (χ0) is 13.1. The van der Waals surface area contributed by atoms with Crippen LogP contribution < -0.4 is 0 Å². The highest BCUT2D eigenvalue weighted by Gasteiger charge is 2.13. The summed E-state index contributed by atoms with van der Waals surface area (Å²) in [5.41, 5.74) is 2.15. The third-order valence-electron chi connectivity index (χ3n) is 3.41. The average molecular weight is 260 g/mol. The maximum Gasteiger partial charge on any atom is 0.181 e. The van der Waals surface area contributed by atoms with Crippen LogP contribution in [0.25, 0.3) is 11.1 Å². The van der Waals surface area contributed by atoms with Crippen molar-refractivity contribution < 1.29 is 13.9 Å². The maximum atomic E-state index is 12.1. The van der Waals surface area contributed by atoms with Gasteiger partial charge < -0.3 is 9.15 Å². The molecule has 0 unspecified atom stereocenters. The number of nitrogens with zero attached hydrogens (tertiary/aromatic N) is 2. The molecule has 2 heterocycles. The second kappa shape index (κ2) is 5.50. The van der Waals surface area contributed by atoms with Crippen LogP contribution in [0.2, 0.25) is 0 Å². The molecule has 5 heteroatoms. The summed E-state index contributed by atoms with van der Waals surface area (Å²) in [6, 6.07) is 5.39. The summed E-state index contributed by atoms with van der Waals surface area (Å²) in [5.74, 6) is 0.149. The highest BCUT2D eigenvalue weighted by atomic mass is 16.5. The lowest BCUT2D eigenvalue weighted by molar-refractivity contribution is 0.0370. The number of hydrogen-bond acceptors (Lipinski definition) is 5. The smallest absolute Gasteiger partial charge is 0.181 e. The first kappa shape index (κ1) is 12.3. The monoisotopic (exact) mass is 260 g/mol. The molecule has 2 aromatic rings. The van der Waals surface area contributed by atoms with Crippen molar-refractivity contribution in [3.63, 3.8) is 0 Å². The molecule has 1 aliphatic heterocycles. The Labute approximate surface area is 111 Å². The van der Waals surface area contributed by atoms with Crippen molar-refractivity contribution in [2.75, 3.05) is 32.8 Å². The van der Waals surface area contributed by atoms with E-state index in [2.05, 4.69) is 9.88 Å². The van der Waals surface area contributed by atoms with Crippen LogP contribution in [-0.4, -0.2) is 48.5 Å². The van der Waals surface area contributed by atoms with E-state index in [0.29, 0.717) is 17.6 Å². The van der Waals surface area contributed by atoms with Crippen LogP contribution in [0.1, 0.15) is 16.8 Å². The second-order valence-electron chi connectivity index (χ2n) is 4.66. The van der Waals surface area contributed by atoms with Gasteiger partial charge in [-0.2, -0.15) is 0 Å². The van der Waals surface area contributed by atoms with Crippen molar-refractivity contribution in [1.29, 1.82) is 0 Å². The maximum absolute atomic E-state index is 12.1. The molecule has 1 saturated heterocycles. The summed E-state index contributed by atoms with van der Waals surface area (Å²) in [5, 5.41) is 0. The molecule has 0 spiro atoms. The van der Waals surface area contributed by atoms with Gasteiger partial charge in [-0.1, -0.05) is 0 Å².